The van der Waals surface area contributed by atoms with E-state index in [4.69, 9.17) is 16.3 Å². The summed E-state index contributed by atoms with van der Waals surface area (Å²) >= 11 is 9.04. The molecule has 0 bridgehead atoms. The van der Waals surface area contributed by atoms with Crippen LogP contribution in [0.4, 0.5) is 0 Å². The molecule has 1 aromatic carbocycles. The zero-order valence-corrected chi connectivity index (χ0v) is 11.8. The van der Waals surface area contributed by atoms with Gasteiger partial charge in [-0.3, -0.25) is 4.79 Å². The van der Waals surface area contributed by atoms with Gasteiger partial charge in [-0.2, -0.15) is 0 Å². The normalized spacial score (nSPS) is 18.6. The Morgan fingerprint density at radius 1 is 1.56 bits per heavy atom. The number of carbonyl (C=O) groups excluding carboxylic acids is 2. The fourth-order valence-corrected chi connectivity index (χ4v) is 2.56. The summed E-state index contributed by atoms with van der Waals surface area (Å²) in [5.74, 6) is -0.427. The molecule has 0 aliphatic carbocycles. The molecule has 1 atom stereocenters. The molecule has 2 rings (SSSR count). The van der Waals surface area contributed by atoms with Crippen LogP contribution in [0.15, 0.2) is 22.7 Å². The van der Waals surface area contributed by atoms with Gasteiger partial charge >= 0.3 is 5.97 Å². The number of benzene rings is 1. The number of halogens is 2. The van der Waals surface area contributed by atoms with Gasteiger partial charge in [-0.25, -0.2) is 4.79 Å². The monoisotopic (exact) mass is 331 g/mol. The molecular formula is C12H11BrClNO3. The highest BCUT2D eigenvalue weighted by Gasteiger charge is 2.22. The fraction of sp³-hybridized carbons (Fsp3) is 0.333. The molecule has 1 saturated heterocycles. The number of amides is 1. The van der Waals surface area contributed by atoms with Crippen molar-refractivity contribution in [3.63, 3.8) is 0 Å². The molecule has 18 heavy (non-hydrogen) atoms. The van der Waals surface area contributed by atoms with E-state index in [1.165, 1.54) is 0 Å². The average Bonchev–Trinajstić information content (AvgIpc) is 2.72. The molecule has 0 spiro atoms. The van der Waals surface area contributed by atoms with Crippen LogP contribution in [0.2, 0.25) is 5.02 Å². The third kappa shape index (κ3) is 3.23. The maximum atomic E-state index is 11.8. The average molecular weight is 333 g/mol. The van der Waals surface area contributed by atoms with Crippen molar-refractivity contribution in [3.05, 3.63) is 33.3 Å². The molecule has 1 heterocycles. The Kier molecular flexibility index (Phi) is 4.24. The number of carbonyl (C=O) groups is 2. The van der Waals surface area contributed by atoms with E-state index in [2.05, 4.69) is 21.2 Å². The Bertz CT molecular complexity index is 492. The molecule has 0 saturated carbocycles. The second-order valence-electron chi connectivity index (χ2n) is 4.03. The lowest BCUT2D eigenvalue weighted by Gasteiger charge is -2.11. The Morgan fingerprint density at radius 3 is 2.94 bits per heavy atom. The first-order valence-corrected chi connectivity index (χ1v) is 6.65. The Hall–Kier alpha value is -1.07. The van der Waals surface area contributed by atoms with Gasteiger partial charge < -0.3 is 10.1 Å². The van der Waals surface area contributed by atoms with Crippen LogP contribution in [0.25, 0.3) is 0 Å². The predicted octanol–water partition coefficient (Wildman–Crippen LogP) is 2.54. The lowest BCUT2D eigenvalue weighted by molar-refractivity contribution is -0.119. The van der Waals surface area contributed by atoms with Crippen molar-refractivity contribution in [2.75, 3.05) is 6.61 Å². The number of ether oxygens (including phenoxy) is 1. The van der Waals surface area contributed by atoms with Crippen LogP contribution in [0.1, 0.15) is 23.2 Å². The van der Waals surface area contributed by atoms with Crippen LogP contribution < -0.4 is 5.32 Å². The summed E-state index contributed by atoms with van der Waals surface area (Å²) < 4.78 is 5.75. The van der Waals surface area contributed by atoms with E-state index in [0.29, 0.717) is 27.9 Å². The molecule has 96 valence electrons. The second kappa shape index (κ2) is 5.71. The van der Waals surface area contributed by atoms with Gasteiger partial charge in [0.05, 0.1) is 11.6 Å². The zero-order chi connectivity index (χ0) is 13.1. The predicted molar refractivity (Wildman–Crippen MR) is 70.6 cm³/mol. The lowest BCUT2D eigenvalue weighted by Crippen LogP contribution is -2.30. The summed E-state index contributed by atoms with van der Waals surface area (Å²) in [7, 11) is 0. The number of nitrogens with one attached hydrogen (secondary N) is 1. The molecule has 1 aliphatic rings. The van der Waals surface area contributed by atoms with Crippen LogP contribution in [-0.4, -0.2) is 24.5 Å². The van der Waals surface area contributed by atoms with Crippen LogP contribution in [0.5, 0.6) is 0 Å². The van der Waals surface area contributed by atoms with E-state index in [0.717, 1.165) is 0 Å². The smallest absolute Gasteiger partial charge is 0.339 e. The number of rotatable bonds is 3. The van der Waals surface area contributed by atoms with Crippen LogP contribution in [0, 0.1) is 0 Å². The summed E-state index contributed by atoms with van der Waals surface area (Å²) in [6.07, 6.45) is 1.20. The topological polar surface area (TPSA) is 55.4 Å². The number of hydrogen-bond acceptors (Lipinski definition) is 3. The maximum absolute atomic E-state index is 11.8. The Morgan fingerprint density at radius 2 is 2.33 bits per heavy atom. The number of esters is 1. The van der Waals surface area contributed by atoms with E-state index in [1.54, 1.807) is 18.2 Å². The highest BCUT2D eigenvalue weighted by Crippen LogP contribution is 2.22. The summed E-state index contributed by atoms with van der Waals surface area (Å²) in [6, 6.07) is 4.78. The van der Waals surface area contributed by atoms with Gasteiger partial charge in [0.15, 0.2) is 0 Å². The van der Waals surface area contributed by atoms with Gasteiger partial charge in [-0.15, -0.1) is 0 Å². The zero-order valence-electron chi connectivity index (χ0n) is 9.41. The van der Waals surface area contributed by atoms with E-state index < -0.39 is 5.97 Å². The van der Waals surface area contributed by atoms with Crippen molar-refractivity contribution in [2.45, 2.75) is 18.9 Å². The molecule has 6 heteroatoms. The van der Waals surface area contributed by atoms with Crippen molar-refractivity contribution in [1.82, 2.24) is 5.32 Å². The third-order valence-corrected chi connectivity index (χ3v) is 3.54. The van der Waals surface area contributed by atoms with Crippen LogP contribution >= 0.6 is 27.5 Å². The Balaban J connectivity index is 1.93. The Labute approximate surface area is 118 Å². The minimum Gasteiger partial charge on any atom is -0.460 e. The first-order valence-electron chi connectivity index (χ1n) is 5.48. The van der Waals surface area contributed by atoms with Gasteiger partial charge in [-0.05, 0) is 40.5 Å². The fourth-order valence-electron chi connectivity index (χ4n) is 1.71. The van der Waals surface area contributed by atoms with E-state index in [9.17, 15) is 9.59 Å². The summed E-state index contributed by atoms with van der Waals surface area (Å²) in [6.45, 7) is 0.194. The first kappa shape index (κ1) is 13.4. The van der Waals surface area contributed by atoms with Crippen molar-refractivity contribution in [2.24, 2.45) is 0 Å². The van der Waals surface area contributed by atoms with Gasteiger partial charge in [0.2, 0.25) is 5.91 Å². The minimum atomic E-state index is -0.431. The van der Waals surface area contributed by atoms with E-state index in [-0.39, 0.29) is 18.6 Å². The highest BCUT2D eigenvalue weighted by molar-refractivity contribution is 9.10. The second-order valence-corrected chi connectivity index (χ2v) is 5.32. The van der Waals surface area contributed by atoms with Gasteiger partial charge in [0.1, 0.15) is 6.61 Å². The molecule has 0 radical (unpaired) electrons. The van der Waals surface area contributed by atoms with Crippen molar-refractivity contribution in [3.8, 4) is 0 Å². The van der Waals surface area contributed by atoms with Crippen LogP contribution in [-0.2, 0) is 9.53 Å². The maximum Gasteiger partial charge on any atom is 0.339 e. The standard InChI is InChI=1S/C12H11BrClNO3/c13-10-5-7(14)1-3-9(10)12(17)18-6-8-2-4-11(16)15-8/h1,3,5,8H,2,4,6H2,(H,15,16)/t8-/m0/s1. The van der Waals surface area contributed by atoms with Crippen molar-refractivity contribution in [1.29, 1.82) is 0 Å². The third-order valence-electron chi connectivity index (χ3n) is 2.65. The highest BCUT2D eigenvalue weighted by atomic mass is 79.9. The summed E-state index contributed by atoms with van der Waals surface area (Å²) in [4.78, 5) is 22.8. The molecular weight excluding hydrogens is 321 g/mol. The minimum absolute atomic E-state index is 0.00345. The molecule has 1 amide bonds. The number of hydrogen-bond donors (Lipinski definition) is 1. The summed E-state index contributed by atoms with van der Waals surface area (Å²) in [5.41, 5.74) is 0.420. The molecule has 1 fully saturated rings. The first-order chi connectivity index (χ1) is 8.56. The van der Waals surface area contributed by atoms with Crippen LogP contribution in [0.3, 0.4) is 0 Å². The summed E-state index contributed by atoms with van der Waals surface area (Å²) in [5, 5.41) is 3.28. The van der Waals surface area contributed by atoms with Crippen molar-refractivity contribution < 1.29 is 14.3 Å². The van der Waals surface area contributed by atoms with Gasteiger partial charge in [0, 0.05) is 15.9 Å². The molecule has 1 aliphatic heterocycles. The quantitative estimate of drug-likeness (QED) is 0.866. The molecule has 4 nitrogen and oxygen atoms in total. The molecule has 0 aromatic heterocycles. The van der Waals surface area contributed by atoms with E-state index in [1.807, 2.05) is 0 Å². The molecule has 1 aromatic rings. The van der Waals surface area contributed by atoms with Crippen molar-refractivity contribution >= 4 is 39.4 Å². The lowest BCUT2D eigenvalue weighted by atomic mass is 10.2. The molecule has 1 N–H and O–H groups in total. The van der Waals surface area contributed by atoms with E-state index >= 15 is 0 Å². The SMILES string of the molecule is O=C1CC[C@@H](COC(=O)c2ccc(Cl)cc2Br)N1. The molecule has 0 unspecified atom stereocenters. The largest absolute Gasteiger partial charge is 0.460 e. The van der Waals surface area contributed by atoms with Gasteiger partial charge in [0.25, 0.3) is 0 Å². The van der Waals surface area contributed by atoms with Gasteiger partial charge in [-0.1, -0.05) is 11.6 Å².